The summed E-state index contributed by atoms with van der Waals surface area (Å²) < 4.78 is 45.6. The van der Waals surface area contributed by atoms with Crippen LogP contribution in [0.2, 0.25) is 0 Å². The van der Waals surface area contributed by atoms with Crippen molar-refractivity contribution in [1.29, 1.82) is 0 Å². The Morgan fingerprint density at radius 2 is 1.79 bits per heavy atom. The van der Waals surface area contributed by atoms with Crippen LogP contribution in [0.4, 0.5) is 13.2 Å². The van der Waals surface area contributed by atoms with Crippen LogP contribution in [0, 0.1) is 17.5 Å². The zero-order valence-electron chi connectivity index (χ0n) is 12.3. The van der Waals surface area contributed by atoms with Crippen LogP contribution < -0.4 is 10.1 Å². The van der Waals surface area contributed by atoms with Gasteiger partial charge in [-0.25, -0.2) is 18.0 Å². The molecule has 1 amide bonds. The standard InChI is InChI=1S/C16H12F3NO4/c1-24-9-3-4-10(13(19)7-9)15(21)20-14(16(22)23)11-6-8(17)2-5-12(11)18/h2-7,14H,1H3,(H,20,21)(H,22,23). The van der Waals surface area contributed by atoms with Crippen LogP contribution in [0.3, 0.4) is 0 Å². The maximum absolute atomic E-state index is 13.9. The van der Waals surface area contributed by atoms with Crippen LogP contribution in [-0.2, 0) is 4.79 Å². The molecule has 1 unspecified atom stereocenters. The first-order chi connectivity index (χ1) is 11.3. The average molecular weight is 339 g/mol. The van der Waals surface area contributed by atoms with Crippen molar-refractivity contribution in [1.82, 2.24) is 5.32 Å². The second-order valence-electron chi connectivity index (χ2n) is 4.76. The van der Waals surface area contributed by atoms with E-state index in [0.717, 1.165) is 24.3 Å². The maximum Gasteiger partial charge on any atom is 0.331 e. The van der Waals surface area contributed by atoms with Gasteiger partial charge in [0.05, 0.1) is 12.7 Å². The molecule has 0 saturated heterocycles. The first kappa shape index (κ1) is 17.3. The lowest BCUT2D eigenvalue weighted by molar-refractivity contribution is -0.139. The van der Waals surface area contributed by atoms with Gasteiger partial charge in [0.25, 0.3) is 5.91 Å². The van der Waals surface area contributed by atoms with Gasteiger partial charge < -0.3 is 15.2 Å². The molecule has 0 aliphatic heterocycles. The quantitative estimate of drug-likeness (QED) is 0.878. The van der Waals surface area contributed by atoms with Gasteiger partial charge in [-0.15, -0.1) is 0 Å². The Balaban J connectivity index is 2.33. The van der Waals surface area contributed by atoms with E-state index in [2.05, 4.69) is 0 Å². The van der Waals surface area contributed by atoms with Crippen molar-refractivity contribution in [2.24, 2.45) is 0 Å². The van der Waals surface area contributed by atoms with E-state index in [9.17, 15) is 27.9 Å². The second-order valence-corrected chi connectivity index (χ2v) is 4.76. The minimum atomic E-state index is -1.88. The van der Waals surface area contributed by atoms with E-state index >= 15 is 0 Å². The van der Waals surface area contributed by atoms with E-state index in [-0.39, 0.29) is 5.75 Å². The topological polar surface area (TPSA) is 75.6 Å². The highest BCUT2D eigenvalue weighted by Gasteiger charge is 2.27. The molecular formula is C16H12F3NO4. The van der Waals surface area contributed by atoms with Crippen LogP contribution in [0.15, 0.2) is 36.4 Å². The van der Waals surface area contributed by atoms with Crippen molar-refractivity contribution < 1.29 is 32.6 Å². The van der Waals surface area contributed by atoms with Crippen molar-refractivity contribution in [3.05, 3.63) is 65.0 Å². The van der Waals surface area contributed by atoms with E-state index in [1.54, 1.807) is 0 Å². The van der Waals surface area contributed by atoms with E-state index in [0.29, 0.717) is 6.07 Å². The lowest BCUT2D eigenvalue weighted by atomic mass is 10.1. The number of aliphatic carboxylic acids is 1. The summed E-state index contributed by atoms with van der Waals surface area (Å²) in [4.78, 5) is 23.4. The normalized spacial score (nSPS) is 11.7. The SMILES string of the molecule is COc1ccc(C(=O)NC(C(=O)O)c2cc(F)ccc2F)c(F)c1. The van der Waals surface area contributed by atoms with Crippen LogP contribution in [0.5, 0.6) is 5.75 Å². The fourth-order valence-electron chi connectivity index (χ4n) is 2.02. The average Bonchev–Trinajstić information content (AvgIpc) is 2.54. The summed E-state index contributed by atoms with van der Waals surface area (Å²) in [5, 5.41) is 11.1. The predicted molar refractivity (Wildman–Crippen MR) is 77.2 cm³/mol. The molecule has 126 valence electrons. The van der Waals surface area contributed by atoms with E-state index in [1.165, 1.54) is 13.2 Å². The van der Waals surface area contributed by atoms with Crippen molar-refractivity contribution in [2.75, 3.05) is 7.11 Å². The number of carboxylic acids is 1. The Bertz CT molecular complexity index is 795. The van der Waals surface area contributed by atoms with Gasteiger partial charge in [-0.1, -0.05) is 0 Å². The van der Waals surface area contributed by atoms with Crippen molar-refractivity contribution in [3.63, 3.8) is 0 Å². The summed E-state index contributed by atoms with van der Waals surface area (Å²) in [6, 6.07) is 3.64. The van der Waals surface area contributed by atoms with Crippen molar-refractivity contribution >= 4 is 11.9 Å². The van der Waals surface area contributed by atoms with Gasteiger partial charge in [-0.2, -0.15) is 0 Å². The first-order valence-corrected chi connectivity index (χ1v) is 6.65. The molecule has 2 N–H and O–H groups in total. The van der Waals surface area contributed by atoms with E-state index in [1.807, 2.05) is 5.32 Å². The van der Waals surface area contributed by atoms with Gasteiger partial charge >= 0.3 is 5.97 Å². The Hall–Kier alpha value is -3.03. The Labute approximate surface area is 134 Å². The third-order valence-electron chi connectivity index (χ3n) is 3.21. The zero-order valence-corrected chi connectivity index (χ0v) is 12.3. The molecule has 2 aromatic rings. The molecule has 5 nitrogen and oxygen atoms in total. The molecule has 0 saturated carbocycles. The minimum absolute atomic E-state index is 0.162. The molecular weight excluding hydrogens is 327 g/mol. The molecule has 0 spiro atoms. The van der Waals surface area contributed by atoms with Crippen LogP contribution in [0.1, 0.15) is 22.0 Å². The number of nitrogens with one attached hydrogen (secondary N) is 1. The summed E-state index contributed by atoms with van der Waals surface area (Å²) in [7, 11) is 1.31. The van der Waals surface area contributed by atoms with Crippen LogP contribution in [-0.4, -0.2) is 24.1 Å². The van der Waals surface area contributed by atoms with Crippen molar-refractivity contribution in [2.45, 2.75) is 6.04 Å². The van der Waals surface area contributed by atoms with Gasteiger partial charge in [0.15, 0.2) is 6.04 Å². The Morgan fingerprint density at radius 1 is 1.08 bits per heavy atom. The number of ether oxygens (including phenoxy) is 1. The summed E-state index contributed by atoms with van der Waals surface area (Å²) in [6.07, 6.45) is 0. The summed E-state index contributed by atoms with van der Waals surface area (Å²) in [6.45, 7) is 0. The molecule has 0 fully saturated rings. The predicted octanol–water partition coefficient (Wildman–Crippen LogP) is 2.67. The molecule has 24 heavy (non-hydrogen) atoms. The minimum Gasteiger partial charge on any atom is -0.497 e. The summed E-state index contributed by atoms with van der Waals surface area (Å²) >= 11 is 0. The number of methoxy groups -OCH3 is 1. The molecule has 2 aromatic carbocycles. The molecule has 0 radical (unpaired) electrons. The highest BCUT2D eigenvalue weighted by Crippen LogP contribution is 2.21. The number of halogens is 3. The molecule has 0 aromatic heterocycles. The fourth-order valence-corrected chi connectivity index (χ4v) is 2.02. The summed E-state index contributed by atoms with van der Waals surface area (Å²) in [5.41, 5.74) is -1.04. The number of carbonyl (C=O) groups is 2. The largest absolute Gasteiger partial charge is 0.497 e. The third kappa shape index (κ3) is 3.65. The fraction of sp³-hybridized carbons (Fsp3) is 0.125. The third-order valence-corrected chi connectivity index (χ3v) is 3.21. The Kier molecular flexibility index (Phi) is 5.08. The van der Waals surface area contributed by atoms with E-state index in [4.69, 9.17) is 4.74 Å². The molecule has 8 heteroatoms. The van der Waals surface area contributed by atoms with Gasteiger partial charge in [-0.05, 0) is 30.3 Å². The van der Waals surface area contributed by atoms with Gasteiger partial charge in [0, 0.05) is 11.6 Å². The molecule has 0 bridgehead atoms. The number of hydrogen-bond acceptors (Lipinski definition) is 3. The van der Waals surface area contributed by atoms with Gasteiger partial charge in [0.2, 0.25) is 0 Å². The highest BCUT2D eigenvalue weighted by atomic mass is 19.1. The van der Waals surface area contributed by atoms with Crippen LogP contribution >= 0.6 is 0 Å². The maximum atomic E-state index is 13.9. The number of hydrogen-bond donors (Lipinski definition) is 2. The second kappa shape index (κ2) is 7.03. The smallest absolute Gasteiger partial charge is 0.331 e. The number of benzene rings is 2. The zero-order chi connectivity index (χ0) is 17.9. The molecule has 2 rings (SSSR count). The van der Waals surface area contributed by atoms with Gasteiger partial charge in [-0.3, -0.25) is 4.79 Å². The lowest BCUT2D eigenvalue weighted by Gasteiger charge is -2.16. The number of rotatable bonds is 5. The lowest BCUT2D eigenvalue weighted by Crippen LogP contribution is -2.34. The number of amides is 1. The number of carboxylic acid groups (broad SMARTS) is 1. The molecule has 1 atom stereocenters. The molecule has 0 aliphatic carbocycles. The van der Waals surface area contributed by atoms with E-state index < -0.39 is 46.5 Å². The van der Waals surface area contributed by atoms with Crippen molar-refractivity contribution in [3.8, 4) is 5.75 Å². The molecule has 0 aliphatic rings. The first-order valence-electron chi connectivity index (χ1n) is 6.65. The highest BCUT2D eigenvalue weighted by molar-refractivity contribution is 5.97. The monoisotopic (exact) mass is 339 g/mol. The van der Waals surface area contributed by atoms with Crippen LogP contribution in [0.25, 0.3) is 0 Å². The Morgan fingerprint density at radius 3 is 2.38 bits per heavy atom. The summed E-state index contributed by atoms with van der Waals surface area (Å²) in [5.74, 6) is -5.39. The molecule has 0 heterocycles. The number of carbonyl (C=O) groups excluding carboxylic acids is 1. The van der Waals surface area contributed by atoms with Gasteiger partial charge in [0.1, 0.15) is 23.2 Å².